The lowest BCUT2D eigenvalue weighted by molar-refractivity contribution is -0.155. The van der Waals surface area contributed by atoms with Crippen molar-refractivity contribution in [1.82, 2.24) is 5.32 Å². The van der Waals surface area contributed by atoms with E-state index in [0.29, 0.717) is 5.56 Å². The van der Waals surface area contributed by atoms with Gasteiger partial charge in [0.05, 0.1) is 6.54 Å². The van der Waals surface area contributed by atoms with E-state index in [1.54, 1.807) is 12.1 Å². The van der Waals surface area contributed by atoms with Gasteiger partial charge in [-0.2, -0.15) is 0 Å². The summed E-state index contributed by atoms with van der Waals surface area (Å²) in [6.45, 7) is 4.54. The number of aliphatic carboxylic acids is 1. The Morgan fingerprint density at radius 2 is 1.72 bits per heavy atom. The number of rotatable bonds is 4. The molecule has 5 nitrogen and oxygen atoms in total. The molecular formula is C13H17NO4. The molecule has 0 aliphatic heterocycles. The van der Waals surface area contributed by atoms with E-state index < -0.39 is 17.5 Å². The van der Waals surface area contributed by atoms with Crippen molar-refractivity contribution in [2.45, 2.75) is 26.4 Å². The minimum Gasteiger partial charge on any atom is -0.479 e. The third-order valence-electron chi connectivity index (χ3n) is 2.54. The van der Waals surface area contributed by atoms with E-state index in [1.165, 1.54) is 0 Å². The van der Waals surface area contributed by atoms with Gasteiger partial charge in [-0.05, 0) is 32.9 Å². The number of aliphatic hydroxyl groups is 1. The Morgan fingerprint density at radius 1 is 1.22 bits per heavy atom. The van der Waals surface area contributed by atoms with Crippen LogP contribution in [0.25, 0.3) is 0 Å². The van der Waals surface area contributed by atoms with Gasteiger partial charge in [-0.25, -0.2) is 4.79 Å². The predicted octanol–water partition coefficient (Wildman–Crippen LogP) is 0.869. The Bertz CT molecular complexity index is 460. The fraction of sp³-hybridized carbons (Fsp3) is 0.385. The van der Waals surface area contributed by atoms with E-state index in [9.17, 15) is 14.7 Å². The molecule has 1 aromatic rings. The van der Waals surface area contributed by atoms with Crippen LogP contribution in [0.5, 0.6) is 0 Å². The lowest BCUT2D eigenvalue weighted by Crippen LogP contribution is -2.46. The second-order valence-electron chi connectivity index (χ2n) is 4.64. The van der Waals surface area contributed by atoms with E-state index in [-0.39, 0.29) is 6.54 Å². The average Bonchev–Trinajstić information content (AvgIpc) is 2.24. The Balaban J connectivity index is 2.75. The van der Waals surface area contributed by atoms with Gasteiger partial charge < -0.3 is 15.5 Å². The lowest BCUT2D eigenvalue weighted by atomic mass is 10.1. The largest absolute Gasteiger partial charge is 0.479 e. The quantitative estimate of drug-likeness (QED) is 0.741. The Morgan fingerprint density at radius 3 is 2.17 bits per heavy atom. The first kappa shape index (κ1) is 14.2. The Hall–Kier alpha value is -1.88. The van der Waals surface area contributed by atoms with Crippen molar-refractivity contribution in [2.24, 2.45) is 0 Å². The summed E-state index contributed by atoms with van der Waals surface area (Å²) in [6.07, 6.45) is 0. The Labute approximate surface area is 105 Å². The van der Waals surface area contributed by atoms with Gasteiger partial charge in [0.25, 0.3) is 5.91 Å². The molecule has 0 saturated heterocycles. The highest BCUT2D eigenvalue weighted by molar-refractivity contribution is 5.95. The number of benzene rings is 1. The van der Waals surface area contributed by atoms with Crippen LogP contribution < -0.4 is 5.32 Å². The number of hydrogen-bond acceptors (Lipinski definition) is 3. The van der Waals surface area contributed by atoms with E-state index >= 15 is 0 Å². The van der Waals surface area contributed by atoms with Crippen molar-refractivity contribution in [3.8, 4) is 0 Å². The van der Waals surface area contributed by atoms with Gasteiger partial charge in [-0.15, -0.1) is 0 Å². The zero-order valence-corrected chi connectivity index (χ0v) is 10.7. The summed E-state index contributed by atoms with van der Waals surface area (Å²) in [6, 6.07) is 5.35. The molecule has 0 radical (unpaired) electrons. The second kappa shape index (κ2) is 5.18. The first-order valence-electron chi connectivity index (χ1n) is 5.54. The standard InChI is InChI=1S/C13H17NO4/c1-8-4-9(2)6-10(5-8)11(15)14-7-13(3,18)12(16)17/h4-6,18H,7H2,1-3H3,(H,14,15)(H,16,17). The summed E-state index contributed by atoms with van der Waals surface area (Å²) in [4.78, 5) is 22.5. The summed E-state index contributed by atoms with van der Waals surface area (Å²) in [7, 11) is 0. The molecule has 0 heterocycles. The Kier molecular flexibility index (Phi) is 4.08. The topological polar surface area (TPSA) is 86.6 Å². The molecular weight excluding hydrogens is 234 g/mol. The summed E-state index contributed by atoms with van der Waals surface area (Å²) >= 11 is 0. The van der Waals surface area contributed by atoms with Gasteiger partial charge in [0.2, 0.25) is 0 Å². The molecule has 0 spiro atoms. The number of carbonyl (C=O) groups excluding carboxylic acids is 1. The fourth-order valence-electron chi connectivity index (χ4n) is 1.54. The zero-order valence-electron chi connectivity index (χ0n) is 10.7. The molecule has 1 rings (SSSR count). The summed E-state index contributed by atoms with van der Waals surface area (Å²) in [5.41, 5.74) is 0.387. The summed E-state index contributed by atoms with van der Waals surface area (Å²) in [5, 5.41) is 20.6. The van der Waals surface area contributed by atoms with Crippen LogP contribution >= 0.6 is 0 Å². The third kappa shape index (κ3) is 3.56. The highest BCUT2D eigenvalue weighted by atomic mass is 16.4. The van der Waals surface area contributed by atoms with Crippen LogP contribution in [0.2, 0.25) is 0 Å². The number of nitrogens with one attached hydrogen (secondary N) is 1. The molecule has 98 valence electrons. The molecule has 0 saturated carbocycles. The van der Waals surface area contributed by atoms with Crippen molar-refractivity contribution in [3.05, 3.63) is 34.9 Å². The van der Waals surface area contributed by atoms with Gasteiger partial charge in [0.15, 0.2) is 5.60 Å². The maximum absolute atomic E-state index is 11.8. The second-order valence-corrected chi connectivity index (χ2v) is 4.64. The van der Waals surface area contributed by atoms with Crippen LogP contribution in [-0.2, 0) is 4.79 Å². The molecule has 0 aliphatic carbocycles. The van der Waals surface area contributed by atoms with Crippen LogP contribution in [0.3, 0.4) is 0 Å². The van der Waals surface area contributed by atoms with Crippen LogP contribution in [0, 0.1) is 13.8 Å². The first-order chi connectivity index (χ1) is 8.22. The molecule has 0 aromatic heterocycles. The van der Waals surface area contributed by atoms with E-state index in [4.69, 9.17) is 5.11 Å². The normalized spacial score (nSPS) is 13.8. The number of carbonyl (C=O) groups is 2. The maximum Gasteiger partial charge on any atom is 0.337 e. The highest BCUT2D eigenvalue weighted by Crippen LogP contribution is 2.09. The maximum atomic E-state index is 11.8. The molecule has 1 atom stereocenters. The van der Waals surface area contributed by atoms with Gasteiger partial charge in [0.1, 0.15) is 0 Å². The van der Waals surface area contributed by atoms with Gasteiger partial charge in [0, 0.05) is 5.56 Å². The van der Waals surface area contributed by atoms with E-state index in [2.05, 4.69) is 5.32 Å². The molecule has 5 heteroatoms. The van der Waals surface area contributed by atoms with E-state index in [0.717, 1.165) is 18.1 Å². The molecule has 1 aromatic carbocycles. The van der Waals surface area contributed by atoms with Gasteiger partial charge in [-0.3, -0.25) is 4.79 Å². The number of aryl methyl sites for hydroxylation is 2. The number of hydrogen-bond donors (Lipinski definition) is 3. The SMILES string of the molecule is Cc1cc(C)cc(C(=O)NCC(C)(O)C(=O)O)c1. The van der Waals surface area contributed by atoms with Gasteiger partial charge in [-0.1, -0.05) is 17.2 Å². The van der Waals surface area contributed by atoms with Crippen molar-refractivity contribution in [1.29, 1.82) is 0 Å². The minimum absolute atomic E-state index is 0.339. The molecule has 0 fully saturated rings. The number of amides is 1. The van der Waals surface area contributed by atoms with Crippen LogP contribution in [0.1, 0.15) is 28.4 Å². The number of carboxylic acid groups (broad SMARTS) is 1. The smallest absolute Gasteiger partial charge is 0.337 e. The molecule has 0 aliphatic rings. The third-order valence-corrected chi connectivity index (χ3v) is 2.54. The first-order valence-corrected chi connectivity index (χ1v) is 5.54. The zero-order chi connectivity index (χ0) is 13.9. The summed E-state index contributed by atoms with van der Waals surface area (Å²) < 4.78 is 0. The fourth-order valence-corrected chi connectivity index (χ4v) is 1.54. The molecule has 1 amide bonds. The molecule has 1 unspecified atom stereocenters. The highest BCUT2D eigenvalue weighted by Gasteiger charge is 2.30. The van der Waals surface area contributed by atoms with Crippen LogP contribution in [-0.4, -0.2) is 34.2 Å². The van der Waals surface area contributed by atoms with E-state index in [1.807, 2.05) is 19.9 Å². The van der Waals surface area contributed by atoms with Crippen molar-refractivity contribution in [2.75, 3.05) is 6.54 Å². The molecule has 18 heavy (non-hydrogen) atoms. The number of carboxylic acids is 1. The molecule has 0 bridgehead atoms. The predicted molar refractivity (Wildman–Crippen MR) is 66.5 cm³/mol. The minimum atomic E-state index is -1.96. The van der Waals surface area contributed by atoms with Crippen molar-refractivity contribution >= 4 is 11.9 Å². The average molecular weight is 251 g/mol. The van der Waals surface area contributed by atoms with Crippen molar-refractivity contribution < 1.29 is 19.8 Å². The monoisotopic (exact) mass is 251 g/mol. The van der Waals surface area contributed by atoms with Crippen LogP contribution in [0.15, 0.2) is 18.2 Å². The van der Waals surface area contributed by atoms with Crippen LogP contribution in [0.4, 0.5) is 0 Å². The lowest BCUT2D eigenvalue weighted by Gasteiger charge is -2.18. The van der Waals surface area contributed by atoms with Gasteiger partial charge >= 0.3 is 5.97 Å². The summed E-state index contributed by atoms with van der Waals surface area (Å²) in [5.74, 6) is -1.77. The molecule has 3 N–H and O–H groups in total. The van der Waals surface area contributed by atoms with Crippen molar-refractivity contribution in [3.63, 3.8) is 0 Å².